The number of likely N-dealkylation sites (tertiary alicyclic amines) is 1. The van der Waals surface area contributed by atoms with Crippen LogP contribution in [-0.4, -0.2) is 38.8 Å². The molecule has 0 unspecified atom stereocenters. The molecule has 1 N–H and O–H groups in total. The minimum atomic E-state index is 0.00304. The van der Waals surface area contributed by atoms with E-state index in [1.807, 2.05) is 30.0 Å². The van der Waals surface area contributed by atoms with Crippen molar-refractivity contribution < 1.29 is 4.79 Å². The van der Waals surface area contributed by atoms with E-state index in [-0.39, 0.29) is 5.91 Å². The number of hydrogen-bond donors (Lipinski definition) is 1. The van der Waals surface area contributed by atoms with E-state index >= 15 is 0 Å². The van der Waals surface area contributed by atoms with Crippen molar-refractivity contribution in [1.82, 2.24) is 19.9 Å². The van der Waals surface area contributed by atoms with Gasteiger partial charge in [0.1, 0.15) is 17.3 Å². The number of amides is 1. The maximum absolute atomic E-state index is 12.7. The van der Waals surface area contributed by atoms with Crippen LogP contribution in [0.15, 0.2) is 30.5 Å². The zero-order valence-corrected chi connectivity index (χ0v) is 14.0. The lowest BCUT2D eigenvalue weighted by Gasteiger charge is -2.20. The van der Waals surface area contributed by atoms with Gasteiger partial charge in [-0.3, -0.25) is 9.78 Å². The van der Waals surface area contributed by atoms with Crippen LogP contribution in [-0.2, 0) is 6.54 Å². The third-order valence-electron chi connectivity index (χ3n) is 4.13. The Kier molecular flexibility index (Phi) is 5.36. The van der Waals surface area contributed by atoms with Gasteiger partial charge in [0, 0.05) is 25.4 Å². The number of carbonyl (C=O) groups is 1. The summed E-state index contributed by atoms with van der Waals surface area (Å²) in [6, 6.07) is 7.52. The highest BCUT2D eigenvalue weighted by atomic mass is 16.2. The molecule has 0 atom stereocenters. The summed E-state index contributed by atoms with van der Waals surface area (Å²) in [6.07, 6.45) is 6.30. The van der Waals surface area contributed by atoms with Crippen LogP contribution in [0.2, 0.25) is 0 Å². The van der Waals surface area contributed by atoms with Gasteiger partial charge in [-0.1, -0.05) is 18.9 Å². The zero-order chi connectivity index (χ0) is 16.8. The minimum absolute atomic E-state index is 0.00304. The summed E-state index contributed by atoms with van der Waals surface area (Å²) in [5, 5.41) is 3.23. The maximum atomic E-state index is 12.7. The van der Waals surface area contributed by atoms with Crippen LogP contribution in [0.25, 0.3) is 0 Å². The Morgan fingerprint density at radius 2 is 1.96 bits per heavy atom. The molecule has 6 nitrogen and oxygen atoms in total. The normalized spacial score (nSPS) is 15.0. The number of anilines is 1. The van der Waals surface area contributed by atoms with Crippen molar-refractivity contribution in [2.24, 2.45) is 0 Å². The molecule has 0 aliphatic carbocycles. The molecule has 6 heteroatoms. The smallest absolute Gasteiger partial charge is 0.272 e. The second kappa shape index (κ2) is 7.86. The third-order valence-corrected chi connectivity index (χ3v) is 4.13. The maximum Gasteiger partial charge on any atom is 0.272 e. The monoisotopic (exact) mass is 325 g/mol. The van der Waals surface area contributed by atoms with E-state index in [2.05, 4.69) is 20.3 Å². The summed E-state index contributed by atoms with van der Waals surface area (Å²) in [4.78, 5) is 27.6. The Hall–Kier alpha value is -2.50. The first-order chi connectivity index (χ1) is 11.7. The van der Waals surface area contributed by atoms with Crippen LogP contribution in [0, 0.1) is 6.92 Å². The highest BCUT2D eigenvalue weighted by Crippen LogP contribution is 2.15. The molecule has 24 heavy (non-hydrogen) atoms. The number of hydrogen-bond acceptors (Lipinski definition) is 5. The van der Waals surface area contributed by atoms with Gasteiger partial charge < -0.3 is 10.2 Å². The fraction of sp³-hybridized carbons (Fsp3) is 0.444. The van der Waals surface area contributed by atoms with Crippen molar-refractivity contribution in [3.63, 3.8) is 0 Å². The number of aromatic nitrogens is 3. The molecule has 0 aromatic carbocycles. The molecule has 1 aliphatic rings. The van der Waals surface area contributed by atoms with Crippen LogP contribution in [0.4, 0.5) is 5.82 Å². The number of pyridine rings is 1. The largest absolute Gasteiger partial charge is 0.364 e. The quantitative estimate of drug-likeness (QED) is 0.936. The van der Waals surface area contributed by atoms with Crippen LogP contribution >= 0.6 is 0 Å². The second-order valence-electron chi connectivity index (χ2n) is 6.07. The van der Waals surface area contributed by atoms with Crippen LogP contribution in [0.5, 0.6) is 0 Å². The Labute approximate surface area is 142 Å². The van der Waals surface area contributed by atoms with E-state index in [0.29, 0.717) is 23.9 Å². The van der Waals surface area contributed by atoms with Crippen molar-refractivity contribution in [2.45, 2.75) is 39.2 Å². The van der Waals surface area contributed by atoms with Gasteiger partial charge in [0.2, 0.25) is 0 Å². The molecule has 2 aromatic heterocycles. The first-order valence-electron chi connectivity index (χ1n) is 8.51. The third kappa shape index (κ3) is 4.28. The van der Waals surface area contributed by atoms with Gasteiger partial charge in [0.05, 0.1) is 12.2 Å². The first-order valence-corrected chi connectivity index (χ1v) is 8.51. The molecule has 2 aromatic rings. The molecular formula is C18H23N5O. The summed E-state index contributed by atoms with van der Waals surface area (Å²) >= 11 is 0. The van der Waals surface area contributed by atoms with Gasteiger partial charge in [-0.05, 0) is 31.9 Å². The molecule has 0 radical (unpaired) electrons. The van der Waals surface area contributed by atoms with Crippen molar-refractivity contribution >= 4 is 11.7 Å². The average Bonchev–Trinajstić information content (AvgIpc) is 2.89. The lowest BCUT2D eigenvalue weighted by Crippen LogP contribution is -2.32. The number of carbonyl (C=O) groups excluding carboxylic acids is 1. The summed E-state index contributed by atoms with van der Waals surface area (Å²) in [6.45, 7) is 4.01. The van der Waals surface area contributed by atoms with Gasteiger partial charge >= 0.3 is 0 Å². The van der Waals surface area contributed by atoms with Gasteiger partial charge in [-0.15, -0.1) is 0 Å². The van der Waals surface area contributed by atoms with E-state index in [0.717, 1.165) is 31.6 Å². The van der Waals surface area contributed by atoms with E-state index in [1.165, 1.54) is 12.8 Å². The van der Waals surface area contributed by atoms with Gasteiger partial charge in [-0.25, -0.2) is 9.97 Å². The van der Waals surface area contributed by atoms with Crippen LogP contribution < -0.4 is 5.32 Å². The summed E-state index contributed by atoms with van der Waals surface area (Å²) < 4.78 is 0. The van der Waals surface area contributed by atoms with Crippen molar-refractivity contribution in [2.75, 3.05) is 18.4 Å². The second-order valence-corrected chi connectivity index (χ2v) is 6.07. The van der Waals surface area contributed by atoms with Crippen molar-refractivity contribution in [3.05, 3.63) is 47.7 Å². The molecule has 1 amide bonds. The molecule has 1 saturated heterocycles. The lowest BCUT2D eigenvalue weighted by atomic mass is 10.2. The predicted octanol–water partition coefficient (Wildman–Crippen LogP) is 2.81. The van der Waals surface area contributed by atoms with Gasteiger partial charge in [0.15, 0.2) is 0 Å². The van der Waals surface area contributed by atoms with E-state index in [1.54, 1.807) is 12.3 Å². The van der Waals surface area contributed by atoms with E-state index in [4.69, 9.17) is 0 Å². The molecule has 1 fully saturated rings. The molecule has 3 heterocycles. The molecule has 1 aliphatic heterocycles. The fourth-order valence-corrected chi connectivity index (χ4v) is 2.89. The first kappa shape index (κ1) is 16.4. The van der Waals surface area contributed by atoms with Gasteiger partial charge in [-0.2, -0.15) is 0 Å². The van der Waals surface area contributed by atoms with E-state index < -0.39 is 0 Å². The van der Waals surface area contributed by atoms with Crippen LogP contribution in [0.1, 0.15) is 47.7 Å². The standard InChI is InChI=1S/C18H23N5O/c1-14-21-16(18(24)23-10-6-2-3-7-11-23)12-17(22-14)20-13-15-8-4-5-9-19-15/h4-5,8-9,12H,2-3,6-7,10-11,13H2,1H3,(H,20,21,22). The number of nitrogens with one attached hydrogen (secondary N) is 1. The fourth-order valence-electron chi connectivity index (χ4n) is 2.89. The number of nitrogens with zero attached hydrogens (tertiary/aromatic N) is 4. The molecule has 0 bridgehead atoms. The lowest BCUT2D eigenvalue weighted by molar-refractivity contribution is 0.0755. The Bertz CT molecular complexity index is 681. The zero-order valence-electron chi connectivity index (χ0n) is 14.0. The highest BCUT2D eigenvalue weighted by molar-refractivity contribution is 5.93. The highest BCUT2D eigenvalue weighted by Gasteiger charge is 2.19. The molecular weight excluding hydrogens is 302 g/mol. The molecule has 126 valence electrons. The van der Waals surface area contributed by atoms with Gasteiger partial charge in [0.25, 0.3) is 5.91 Å². The van der Waals surface area contributed by atoms with E-state index in [9.17, 15) is 4.79 Å². The topological polar surface area (TPSA) is 71.0 Å². The Balaban J connectivity index is 1.72. The minimum Gasteiger partial charge on any atom is -0.364 e. The van der Waals surface area contributed by atoms with Crippen LogP contribution in [0.3, 0.4) is 0 Å². The number of rotatable bonds is 4. The summed E-state index contributed by atoms with van der Waals surface area (Å²) in [7, 11) is 0. The molecule has 3 rings (SSSR count). The van der Waals surface area contributed by atoms with Crippen molar-refractivity contribution in [3.8, 4) is 0 Å². The Morgan fingerprint density at radius 1 is 1.17 bits per heavy atom. The SMILES string of the molecule is Cc1nc(NCc2ccccn2)cc(C(=O)N2CCCCCC2)n1. The number of aryl methyl sites for hydroxylation is 1. The Morgan fingerprint density at radius 3 is 2.67 bits per heavy atom. The summed E-state index contributed by atoms with van der Waals surface area (Å²) in [5.41, 5.74) is 1.39. The molecule has 0 saturated carbocycles. The summed E-state index contributed by atoms with van der Waals surface area (Å²) in [5.74, 6) is 1.26. The van der Waals surface area contributed by atoms with Crippen molar-refractivity contribution in [1.29, 1.82) is 0 Å². The average molecular weight is 325 g/mol. The predicted molar refractivity (Wildman–Crippen MR) is 92.7 cm³/mol. The molecule has 0 spiro atoms.